The Kier molecular flexibility index (Phi) is 26.3. The van der Waals surface area contributed by atoms with Gasteiger partial charge < -0.3 is 17.7 Å². The Hall–Kier alpha value is -0.167. The van der Waals surface area contributed by atoms with Gasteiger partial charge in [0.05, 0.1) is 0 Å². The molecule has 3 heteroatoms. The van der Waals surface area contributed by atoms with Crippen molar-refractivity contribution in [2.75, 3.05) is 14.1 Å². The maximum absolute atomic E-state index is 3.50. The second-order valence-corrected chi connectivity index (χ2v) is 5.24. The van der Waals surface area contributed by atoms with Crippen molar-refractivity contribution in [3.05, 3.63) is 65.0 Å². The normalized spacial score (nSPS) is 8.52. The molecule has 0 heterocycles. The summed E-state index contributed by atoms with van der Waals surface area (Å²) in [4.78, 5) is 0. The van der Waals surface area contributed by atoms with E-state index < -0.39 is 0 Å². The zero-order valence-electron chi connectivity index (χ0n) is 15.2. The van der Waals surface area contributed by atoms with Crippen molar-refractivity contribution < 1.29 is 38.6 Å². The van der Waals surface area contributed by atoms with E-state index in [-0.39, 0.29) is 38.6 Å². The first kappa shape index (κ1) is 27.7. The minimum atomic E-state index is 0. The zero-order chi connectivity index (χ0) is 15.8. The van der Waals surface area contributed by atoms with Crippen molar-refractivity contribution in [2.45, 2.75) is 52.4 Å². The Bertz CT molecular complexity index is 343. The van der Waals surface area contributed by atoms with E-state index in [4.69, 9.17) is 0 Å². The molecule has 0 bridgehead atoms. The van der Waals surface area contributed by atoms with E-state index in [0.29, 0.717) is 0 Å². The number of rotatable bonds is 6. The summed E-state index contributed by atoms with van der Waals surface area (Å²) < 4.78 is 0. The minimum Gasteiger partial charge on any atom is -1.00 e. The summed E-state index contributed by atoms with van der Waals surface area (Å²) in [5.74, 6) is 0. The fraction of sp³-hybridized carbons (Fsp3) is 0.500. The van der Waals surface area contributed by atoms with Crippen molar-refractivity contribution in [1.29, 1.82) is 0 Å². The number of unbranched alkanes of at least 4 members (excludes halogenated alkanes) is 2. The summed E-state index contributed by atoms with van der Waals surface area (Å²) in [6.07, 6.45) is 7.75. The van der Waals surface area contributed by atoms with Crippen LogP contribution in [0.15, 0.2) is 48.5 Å². The predicted molar refractivity (Wildman–Crippen MR) is 96.5 cm³/mol. The van der Waals surface area contributed by atoms with Gasteiger partial charge >= 0.3 is 26.2 Å². The summed E-state index contributed by atoms with van der Waals surface area (Å²) in [6.45, 7) is 4.45. The van der Waals surface area contributed by atoms with E-state index in [1.807, 2.05) is 0 Å². The minimum absolute atomic E-state index is 0. The first-order valence-corrected chi connectivity index (χ1v) is 8.17. The third kappa shape index (κ3) is 18.0. The number of hydrogen-bond donors (Lipinski definition) is 0. The largest absolute Gasteiger partial charge is 4.00 e. The van der Waals surface area contributed by atoms with Crippen LogP contribution < -0.4 is 12.4 Å². The molecule has 0 aromatic heterocycles. The number of nitrogens with zero attached hydrogens (tertiary/aromatic N) is 1. The molecule has 0 fully saturated rings. The molecule has 0 unspecified atom stereocenters. The summed E-state index contributed by atoms with van der Waals surface area (Å²) in [7, 11) is 3.50. The first-order chi connectivity index (χ1) is 10.3. The molecule has 1 nitrogen and oxygen atoms in total. The van der Waals surface area contributed by atoms with Crippen LogP contribution >= 0.6 is 0 Å². The summed E-state index contributed by atoms with van der Waals surface area (Å²) in [6, 6.07) is 17.2. The van der Waals surface area contributed by atoms with Crippen molar-refractivity contribution in [2.24, 2.45) is 0 Å². The average molecular weight is 413 g/mol. The Balaban J connectivity index is -0.000000277. The molecule has 0 N–H and O–H groups in total. The third-order valence-corrected chi connectivity index (χ3v) is 3.10. The predicted octanol–water partition coefficient (Wildman–Crippen LogP) is 3.12. The number of aryl methyl sites for hydroxylation is 2. The standard InChI is InChI=1S/2C9H13.C2H6N.ClH.Zr/c2*1-2-3-6-9-7-4-5-8-9;1-3-2;;/h2*4-5,7-8H,2-3,6H2,1H3;1-2H3;1H;/q3*-1;;+4/p-1. The molecule has 0 atom stereocenters. The molecule has 128 valence electrons. The van der Waals surface area contributed by atoms with Gasteiger partial charge in [0.1, 0.15) is 0 Å². The van der Waals surface area contributed by atoms with Gasteiger partial charge in [-0.25, -0.2) is 24.3 Å². The zero-order valence-corrected chi connectivity index (χ0v) is 18.4. The molecule has 2 aromatic rings. The third-order valence-electron chi connectivity index (χ3n) is 3.10. The van der Waals surface area contributed by atoms with Crippen LogP contribution in [0.25, 0.3) is 5.32 Å². The van der Waals surface area contributed by atoms with Crippen LogP contribution in [0, 0.1) is 0 Å². The Morgan fingerprint density at radius 2 is 0.957 bits per heavy atom. The van der Waals surface area contributed by atoms with Crippen molar-refractivity contribution in [3.63, 3.8) is 0 Å². The molecule has 0 radical (unpaired) electrons. The van der Waals surface area contributed by atoms with E-state index in [2.05, 4.69) is 67.7 Å². The van der Waals surface area contributed by atoms with Crippen molar-refractivity contribution in [3.8, 4) is 0 Å². The van der Waals surface area contributed by atoms with Crippen LogP contribution in [0.1, 0.15) is 50.7 Å². The molecular formula is C20H32ClNZr. The van der Waals surface area contributed by atoms with Crippen LogP contribution in [-0.2, 0) is 39.0 Å². The van der Waals surface area contributed by atoms with E-state index in [1.54, 1.807) is 14.1 Å². The molecule has 0 aliphatic carbocycles. The number of halogens is 1. The molecule has 2 rings (SSSR count). The van der Waals surface area contributed by atoms with Gasteiger partial charge in [0.15, 0.2) is 0 Å². The first-order valence-electron chi connectivity index (χ1n) is 8.17. The van der Waals surface area contributed by atoms with E-state index in [0.717, 1.165) is 0 Å². The van der Waals surface area contributed by atoms with Gasteiger partial charge in [-0.05, 0) is 0 Å². The SMILES string of the molecule is CCCC[c-]1cccc1.CCCC[c-]1cccc1.C[N-]C.[Cl-].[Zr+4]. The molecule has 0 saturated heterocycles. The van der Waals surface area contributed by atoms with E-state index >= 15 is 0 Å². The molecule has 0 aliphatic heterocycles. The van der Waals surface area contributed by atoms with Crippen LogP contribution in [0.2, 0.25) is 0 Å². The summed E-state index contributed by atoms with van der Waals surface area (Å²) in [5, 5.41) is 3.50. The van der Waals surface area contributed by atoms with Crippen molar-refractivity contribution in [1.82, 2.24) is 0 Å². The van der Waals surface area contributed by atoms with Gasteiger partial charge in [0.25, 0.3) is 0 Å². The van der Waals surface area contributed by atoms with Crippen LogP contribution in [0.5, 0.6) is 0 Å². The molecular weight excluding hydrogens is 381 g/mol. The maximum atomic E-state index is 3.50. The smallest absolute Gasteiger partial charge is 1.00 e. The van der Waals surface area contributed by atoms with Gasteiger partial charge in [-0.1, -0.05) is 52.4 Å². The maximum Gasteiger partial charge on any atom is 4.00 e. The summed E-state index contributed by atoms with van der Waals surface area (Å²) in [5.41, 5.74) is 2.97. The van der Waals surface area contributed by atoms with Gasteiger partial charge in [-0.2, -0.15) is 49.5 Å². The Morgan fingerprint density at radius 1 is 0.696 bits per heavy atom. The van der Waals surface area contributed by atoms with E-state index in [1.165, 1.54) is 49.7 Å². The quantitative estimate of drug-likeness (QED) is 0.647. The fourth-order valence-electron chi connectivity index (χ4n) is 1.92. The second kappa shape index (κ2) is 21.8. The molecule has 23 heavy (non-hydrogen) atoms. The summed E-state index contributed by atoms with van der Waals surface area (Å²) >= 11 is 0. The van der Waals surface area contributed by atoms with Crippen LogP contribution in [0.3, 0.4) is 0 Å². The van der Waals surface area contributed by atoms with Gasteiger partial charge in [0.2, 0.25) is 0 Å². The van der Waals surface area contributed by atoms with Crippen molar-refractivity contribution >= 4 is 0 Å². The number of hydrogen-bond acceptors (Lipinski definition) is 0. The van der Waals surface area contributed by atoms with Gasteiger partial charge in [-0.3, -0.25) is 0 Å². The monoisotopic (exact) mass is 411 g/mol. The molecule has 0 aliphatic rings. The molecule has 2 aromatic carbocycles. The van der Waals surface area contributed by atoms with Gasteiger partial charge in [0, 0.05) is 0 Å². The molecule has 0 saturated carbocycles. The van der Waals surface area contributed by atoms with Crippen LogP contribution in [-0.4, -0.2) is 14.1 Å². The van der Waals surface area contributed by atoms with E-state index in [9.17, 15) is 0 Å². The topological polar surface area (TPSA) is 14.1 Å². The molecule has 0 amide bonds. The second-order valence-electron chi connectivity index (χ2n) is 5.24. The Labute approximate surface area is 169 Å². The Morgan fingerprint density at radius 3 is 1.17 bits per heavy atom. The fourth-order valence-corrected chi connectivity index (χ4v) is 1.92. The average Bonchev–Trinajstić information content (AvgIpc) is 3.18. The van der Waals surface area contributed by atoms with Gasteiger partial charge in [-0.15, -0.1) is 0 Å². The molecule has 0 spiro atoms. The van der Waals surface area contributed by atoms with Crippen LogP contribution in [0.4, 0.5) is 0 Å².